The standard InChI is InChI=1S/C20H36N/c1-4-5-6-7-8-9-10-11-16-21-17-14-20(15-18-21)13-12-19(2)3/h14-15,17-19H,4-13,16H2,1-3H3/q+1. The summed E-state index contributed by atoms with van der Waals surface area (Å²) in [5.74, 6) is 0.801. The predicted molar refractivity (Wildman–Crippen MR) is 92.4 cm³/mol. The van der Waals surface area contributed by atoms with E-state index in [0.717, 1.165) is 5.92 Å². The third kappa shape index (κ3) is 9.66. The molecule has 1 rings (SSSR count). The third-order valence-corrected chi connectivity index (χ3v) is 4.24. The topological polar surface area (TPSA) is 3.88 Å². The highest BCUT2D eigenvalue weighted by molar-refractivity contribution is 5.07. The molecule has 0 aromatic carbocycles. The fraction of sp³-hybridized carbons (Fsp3) is 0.750. The van der Waals surface area contributed by atoms with E-state index in [-0.39, 0.29) is 0 Å². The monoisotopic (exact) mass is 290 g/mol. The molecular formula is C20H36N+. The number of hydrogen-bond donors (Lipinski definition) is 0. The summed E-state index contributed by atoms with van der Waals surface area (Å²) in [6.45, 7) is 8.06. The lowest BCUT2D eigenvalue weighted by Crippen LogP contribution is -2.32. The first kappa shape index (κ1) is 18.2. The molecule has 1 aromatic heterocycles. The van der Waals surface area contributed by atoms with Gasteiger partial charge >= 0.3 is 0 Å². The van der Waals surface area contributed by atoms with E-state index in [2.05, 4.69) is 49.9 Å². The van der Waals surface area contributed by atoms with Gasteiger partial charge in [-0.2, -0.15) is 0 Å². The minimum atomic E-state index is 0.801. The Morgan fingerprint density at radius 3 is 2.00 bits per heavy atom. The summed E-state index contributed by atoms with van der Waals surface area (Å²) < 4.78 is 2.34. The Hall–Kier alpha value is -0.850. The molecule has 21 heavy (non-hydrogen) atoms. The van der Waals surface area contributed by atoms with E-state index < -0.39 is 0 Å². The maximum absolute atomic E-state index is 2.34. The molecular weight excluding hydrogens is 254 g/mol. The Kier molecular flexibility index (Phi) is 10.2. The van der Waals surface area contributed by atoms with Crippen molar-refractivity contribution in [3.05, 3.63) is 30.1 Å². The molecule has 1 aromatic rings. The van der Waals surface area contributed by atoms with Crippen molar-refractivity contribution >= 4 is 0 Å². The minimum absolute atomic E-state index is 0.801. The molecule has 0 atom stereocenters. The Morgan fingerprint density at radius 1 is 0.857 bits per heavy atom. The zero-order valence-corrected chi connectivity index (χ0v) is 14.6. The highest BCUT2D eigenvalue weighted by Gasteiger charge is 2.02. The number of rotatable bonds is 12. The predicted octanol–water partition coefficient (Wildman–Crippen LogP) is 5.70. The Balaban J connectivity index is 2.07. The number of hydrogen-bond acceptors (Lipinski definition) is 0. The van der Waals surface area contributed by atoms with Crippen LogP contribution in [0.15, 0.2) is 24.5 Å². The van der Waals surface area contributed by atoms with Gasteiger partial charge in [0, 0.05) is 18.6 Å². The van der Waals surface area contributed by atoms with Crippen molar-refractivity contribution in [2.75, 3.05) is 0 Å². The van der Waals surface area contributed by atoms with E-state index in [0.29, 0.717) is 0 Å². The smallest absolute Gasteiger partial charge is 0.169 e. The van der Waals surface area contributed by atoms with Crippen molar-refractivity contribution < 1.29 is 4.57 Å². The molecule has 0 aliphatic heterocycles. The summed E-state index contributed by atoms with van der Waals surface area (Å²) in [6.07, 6.45) is 18.2. The van der Waals surface area contributed by atoms with Gasteiger partial charge in [-0.05, 0) is 30.7 Å². The Labute approximate surface area is 132 Å². The summed E-state index contributed by atoms with van der Waals surface area (Å²) >= 11 is 0. The van der Waals surface area contributed by atoms with Gasteiger partial charge in [-0.1, -0.05) is 59.3 Å². The van der Waals surface area contributed by atoms with Crippen LogP contribution in [0.3, 0.4) is 0 Å². The average molecular weight is 291 g/mol. The summed E-state index contributed by atoms with van der Waals surface area (Å²) in [4.78, 5) is 0. The molecule has 0 spiro atoms. The quantitative estimate of drug-likeness (QED) is 0.343. The van der Waals surface area contributed by atoms with Crippen LogP contribution in [0.1, 0.15) is 84.1 Å². The van der Waals surface area contributed by atoms with E-state index in [1.165, 1.54) is 76.3 Å². The first-order chi connectivity index (χ1) is 10.2. The van der Waals surface area contributed by atoms with Gasteiger partial charge in [0.05, 0.1) is 0 Å². The summed E-state index contributed by atoms with van der Waals surface area (Å²) in [5.41, 5.74) is 1.48. The number of nitrogens with zero attached hydrogens (tertiary/aromatic N) is 1. The normalized spacial score (nSPS) is 11.2. The van der Waals surface area contributed by atoms with Gasteiger partial charge in [0.25, 0.3) is 0 Å². The third-order valence-electron chi connectivity index (χ3n) is 4.24. The van der Waals surface area contributed by atoms with Crippen LogP contribution < -0.4 is 4.57 Å². The molecule has 0 saturated heterocycles. The van der Waals surface area contributed by atoms with Gasteiger partial charge in [-0.25, -0.2) is 4.57 Å². The highest BCUT2D eigenvalue weighted by Crippen LogP contribution is 2.09. The van der Waals surface area contributed by atoms with E-state index >= 15 is 0 Å². The molecule has 1 heteroatoms. The molecule has 120 valence electrons. The van der Waals surface area contributed by atoms with Gasteiger partial charge in [0.1, 0.15) is 6.54 Å². The van der Waals surface area contributed by atoms with Crippen molar-refractivity contribution in [3.63, 3.8) is 0 Å². The molecule has 0 aliphatic rings. The maximum Gasteiger partial charge on any atom is 0.169 e. The van der Waals surface area contributed by atoms with Gasteiger partial charge in [-0.3, -0.25) is 0 Å². The number of pyridine rings is 1. The van der Waals surface area contributed by atoms with Gasteiger partial charge in [-0.15, -0.1) is 0 Å². The van der Waals surface area contributed by atoms with E-state index in [9.17, 15) is 0 Å². The van der Waals surface area contributed by atoms with Gasteiger partial charge < -0.3 is 0 Å². The van der Waals surface area contributed by atoms with Crippen LogP contribution in [0.2, 0.25) is 0 Å². The zero-order chi connectivity index (χ0) is 15.3. The van der Waals surface area contributed by atoms with Crippen LogP contribution in [-0.4, -0.2) is 0 Å². The lowest BCUT2D eigenvalue weighted by atomic mass is 10.0. The van der Waals surface area contributed by atoms with Gasteiger partial charge in [0.2, 0.25) is 0 Å². The van der Waals surface area contributed by atoms with E-state index in [1.807, 2.05) is 0 Å². The SMILES string of the molecule is CCCCCCCCCC[n+]1ccc(CCC(C)C)cc1. The second-order valence-corrected chi connectivity index (χ2v) is 6.85. The number of aromatic nitrogens is 1. The summed E-state index contributed by atoms with van der Waals surface area (Å²) in [7, 11) is 0. The second-order valence-electron chi connectivity index (χ2n) is 6.85. The van der Waals surface area contributed by atoms with E-state index in [4.69, 9.17) is 0 Å². The Bertz CT molecular complexity index is 339. The fourth-order valence-electron chi connectivity index (χ4n) is 2.69. The Morgan fingerprint density at radius 2 is 1.43 bits per heavy atom. The van der Waals surface area contributed by atoms with Crippen molar-refractivity contribution in [2.24, 2.45) is 5.92 Å². The van der Waals surface area contributed by atoms with Crippen LogP contribution in [0.25, 0.3) is 0 Å². The van der Waals surface area contributed by atoms with Crippen LogP contribution in [0.4, 0.5) is 0 Å². The molecule has 0 bridgehead atoms. The lowest BCUT2D eigenvalue weighted by Gasteiger charge is -2.04. The molecule has 0 unspecified atom stereocenters. The fourth-order valence-corrected chi connectivity index (χ4v) is 2.69. The first-order valence-corrected chi connectivity index (χ1v) is 9.20. The first-order valence-electron chi connectivity index (χ1n) is 9.20. The van der Waals surface area contributed by atoms with Crippen LogP contribution in [0, 0.1) is 5.92 Å². The number of aryl methyl sites for hydroxylation is 2. The summed E-state index contributed by atoms with van der Waals surface area (Å²) in [5, 5.41) is 0. The minimum Gasteiger partial charge on any atom is -0.205 e. The largest absolute Gasteiger partial charge is 0.205 e. The van der Waals surface area contributed by atoms with Crippen LogP contribution in [-0.2, 0) is 13.0 Å². The lowest BCUT2D eigenvalue weighted by molar-refractivity contribution is -0.697. The van der Waals surface area contributed by atoms with Crippen LogP contribution >= 0.6 is 0 Å². The van der Waals surface area contributed by atoms with Crippen molar-refractivity contribution in [2.45, 2.75) is 91.5 Å². The average Bonchev–Trinajstić information content (AvgIpc) is 2.49. The van der Waals surface area contributed by atoms with Crippen molar-refractivity contribution in [1.29, 1.82) is 0 Å². The molecule has 0 N–H and O–H groups in total. The zero-order valence-electron chi connectivity index (χ0n) is 14.6. The highest BCUT2D eigenvalue weighted by atomic mass is 14.9. The molecule has 1 heterocycles. The van der Waals surface area contributed by atoms with Crippen molar-refractivity contribution in [3.8, 4) is 0 Å². The second kappa shape index (κ2) is 11.8. The van der Waals surface area contributed by atoms with Gasteiger partial charge in [0.15, 0.2) is 12.4 Å². The number of unbranched alkanes of at least 4 members (excludes halogenated alkanes) is 7. The van der Waals surface area contributed by atoms with Crippen molar-refractivity contribution in [1.82, 2.24) is 0 Å². The summed E-state index contributed by atoms with van der Waals surface area (Å²) in [6, 6.07) is 4.60. The van der Waals surface area contributed by atoms with Crippen LogP contribution in [0.5, 0.6) is 0 Å². The molecule has 1 nitrogen and oxygen atoms in total. The van der Waals surface area contributed by atoms with E-state index in [1.54, 1.807) is 0 Å². The molecule has 0 radical (unpaired) electrons. The molecule has 0 saturated carbocycles. The molecule has 0 fully saturated rings. The molecule has 0 amide bonds. The maximum atomic E-state index is 2.34. The molecule has 0 aliphatic carbocycles.